The fourth-order valence-corrected chi connectivity index (χ4v) is 3.83. The highest BCUT2D eigenvalue weighted by Crippen LogP contribution is 2.41. The number of fused-ring (bicyclic) bond motifs is 2. The van der Waals surface area contributed by atoms with Crippen molar-refractivity contribution in [3.63, 3.8) is 0 Å². The van der Waals surface area contributed by atoms with Gasteiger partial charge in [-0.1, -0.05) is 28.1 Å². The highest BCUT2D eigenvalue weighted by molar-refractivity contribution is 9.10. The lowest BCUT2D eigenvalue weighted by atomic mass is 9.89. The Morgan fingerprint density at radius 1 is 1.23 bits per heavy atom. The third-order valence-electron chi connectivity index (χ3n) is 4.29. The fraction of sp³-hybridized carbons (Fsp3) is 0.294. The van der Waals surface area contributed by atoms with Gasteiger partial charge in [0.2, 0.25) is 6.79 Å². The van der Waals surface area contributed by atoms with Gasteiger partial charge in [-0.05, 0) is 43.1 Å². The minimum Gasteiger partial charge on any atom is -0.508 e. The number of hydrogen-bond donors (Lipinski definition) is 2. The Bertz CT molecular complexity index is 732. The molecule has 2 aliphatic heterocycles. The predicted octanol–water partition coefficient (Wildman–Crippen LogP) is 3.31. The van der Waals surface area contributed by atoms with Crippen molar-refractivity contribution in [3.05, 3.63) is 51.5 Å². The molecule has 0 spiro atoms. The molecular weight excluding hydrogens is 346 g/mol. The van der Waals surface area contributed by atoms with Gasteiger partial charge in [0, 0.05) is 21.6 Å². The Balaban J connectivity index is 1.72. The van der Waals surface area contributed by atoms with E-state index in [1.807, 2.05) is 18.2 Å². The van der Waals surface area contributed by atoms with Gasteiger partial charge in [-0.25, -0.2) is 0 Å². The highest BCUT2D eigenvalue weighted by atomic mass is 79.9. The molecule has 4 nitrogen and oxygen atoms in total. The first-order valence-electron chi connectivity index (χ1n) is 7.35. The first-order chi connectivity index (χ1) is 10.7. The van der Waals surface area contributed by atoms with E-state index in [9.17, 15) is 5.11 Å². The van der Waals surface area contributed by atoms with Crippen LogP contribution in [0.5, 0.6) is 17.2 Å². The Morgan fingerprint density at radius 2 is 2.14 bits per heavy atom. The van der Waals surface area contributed by atoms with Crippen LogP contribution in [0.2, 0.25) is 0 Å². The second kappa shape index (κ2) is 5.48. The van der Waals surface area contributed by atoms with Gasteiger partial charge in [0.15, 0.2) is 11.5 Å². The van der Waals surface area contributed by atoms with Crippen LogP contribution in [0.3, 0.4) is 0 Å². The summed E-state index contributed by atoms with van der Waals surface area (Å²) in [5.41, 5.74) is 3.27. The van der Waals surface area contributed by atoms with Crippen molar-refractivity contribution >= 4 is 15.9 Å². The van der Waals surface area contributed by atoms with Crippen molar-refractivity contribution in [1.29, 1.82) is 0 Å². The fourth-order valence-electron chi connectivity index (χ4n) is 3.29. The minimum atomic E-state index is 0.0666. The summed E-state index contributed by atoms with van der Waals surface area (Å²) in [7, 11) is 0. The average molecular weight is 362 g/mol. The lowest BCUT2D eigenvalue weighted by molar-refractivity contribution is 0.173. The number of benzene rings is 2. The number of ether oxygens (including phenoxy) is 2. The van der Waals surface area contributed by atoms with Crippen molar-refractivity contribution in [2.45, 2.75) is 18.9 Å². The molecule has 0 aromatic heterocycles. The summed E-state index contributed by atoms with van der Waals surface area (Å²) in [6.07, 6.45) is 1.66. The van der Waals surface area contributed by atoms with E-state index in [1.165, 1.54) is 5.56 Å². The van der Waals surface area contributed by atoms with Gasteiger partial charge in [-0.2, -0.15) is 0 Å². The van der Waals surface area contributed by atoms with Crippen LogP contribution in [0.1, 0.15) is 22.7 Å². The van der Waals surface area contributed by atoms with E-state index in [0.29, 0.717) is 5.75 Å². The molecule has 1 atom stereocenters. The number of aromatic hydroxyl groups is 1. The molecule has 0 amide bonds. The van der Waals surface area contributed by atoms with Crippen LogP contribution in [0.15, 0.2) is 34.8 Å². The van der Waals surface area contributed by atoms with Crippen LogP contribution in [0.25, 0.3) is 0 Å². The molecule has 114 valence electrons. The molecule has 2 aromatic carbocycles. The van der Waals surface area contributed by atoms with Crippen molar-refractivity contribution in [1.82, 2.24) is 5.32 Å². The van der Waals surface area contributed by atoms with E-state index in [-0.39, 0.29) is 12.8 Å². The summed E-state index contributed by atoms with van der Waals surface area (Å²) in [5.74, 6) is 1.97. The number of nitrogens with one attached hydrogen (secondary N) is 1. The molecule has 0 fully saturated rings. The third kappa shape index (κ3) is 2.25. The van der Waals surface area contributed by atoms with Crippen molar-refractivity contribution < 1.29 is 14.6 Å². The predicted molar refractivity (Wildman–Crippen MR) is 86.5 cm³/mol. The zero-order valence-corrected chi connectivity index (χ0v) is 13.5. The monoisotopic (exact) mass is 361 g/mol. The molecule has 0 bridgehead atoms. The van der Waals surface area contributed by atoms with Crippen LogP contribution < -0.4 is 14.8 Å². The smallest absolute Gasteiger partial charge is 0.231 e. The quantitative estimate of drug-likeness (QED) is 0.861. The Kier molecular flexibility index (Phi) is 3.47. The van der Waals surface area contributed by atoms with Crippen LogP contribution in [0, 0.1) is 0 Å². The normalized spacial score (nSPS) is 19.0. The van der Waals surface area contributed by atoms with E-state index in [4.69, 9.17) is 9.47 Å². The molecule has 0 saturated heterocycles. The lowest BCUT2D eigenvalue weighted by Crippen LogP contribution is -2.31. The highest BCUT2D eigenvalue weighted by Gasteiger charge is 2.27. The number of para-hydroxylation sites is 1. The van der Waals surface area contributed by atoms with Crippen molar-refractivity contribution in [2.75, 3.05) is 13.3 Å². The van der Waals surface area contributed by atoms with E-state index < -0.39 is 0 Å². The molecule has 2 N–H and O–H groups in total. The standard InChI is InChI=1S/C17H16BrNO3/c18-12-4-5-14(20)16-11(12)6-7-19-13(16)8-10-2-1-3-15-17(10)22-9-21-15/h1-5,13,19-20H,6-9H2. The molecule has 2 aliphatic rings. The number of phenolic OH excluding ortho intramolecular Hbond substituents is 1. The summed E-state index contributed by atoms with van der Waals surface area (Å²) < 4.78 is 12.1. The Labute approximate surface area is 137 Å². The maximum Gasteiger partial charge on any atom is 0.231 e. The number of halogens is 1. The summed E-state index contributed by atoms with van der Waals surface area (Å²) in [6, 6.07) is 9.68. The van der Waals surface area contributed by atoms with E-state index in [0.717, 1.165) is 46.5 Å². The summed E-state index contributed by atoms with van der Waals surface area (Å²) >= 11 is 3.60. The first-order valence-corrected chi connectivity index (χ1v) is 8.14. The largest absolute Gasteiger partial charge is 0.508 e. The average Bonchev–Trinajstić information content (AvgIpc) is 3.01. The van der Waals surface area contributed by atoms with Crippen molar-refractivity contribution in [2.24, 2.45) is 0 Å². The van der Waals surface area contributed by atoms with Crippen LogP contribution >= 0.6 is 15.9 Å². The summed E-state index contributed by atoms with van der Waals surface area (Å²) in [4.78, 5) is 0. The van der Waals surface area contributed by atoms with Gasteiger partial charge in [-0.15, -0.1) is 0 Å². The van der Waals surface area contributed by atoms with Crippen LogP contribution in [-0.4, -0.2) is 18.4 Å². The molecule has 22 heavy (non-hydrogen) atoms. The maximum absolute atomic E-state index is 10.3. The number of rotatable bonds is 2. The van der Waals surface area contributed by atoms with Crippen LogP contribution in [0.4, 0.5) is 0 Å². The second-order valence-electron chi connectivity index (χ2n) is 5.57. The Hall–Kier alpha value is -1.72. The van der Waals surface area contributed by atoms with Crippen molar-refractivity contribution in [3.8, 4) is 17.2 Å². The topological polar surface area (TPSA) is 50.7 Å². The molecule has 1 unspecified atom stereocenters. The van der Waals surface area contributed by atoms with E-state index in [2.05, 4.69) is 27.3 Å². The molecule has 0 aliphatic carbocycles. The zero-order chi connectivity index (χ0) is 15.1. The van der Waals surface area contributed by atoms with Gasteiger partial charge in [0.05, 0.1) is 0 Å². The van der Waals surface area contributed by atoms with Gasteiger partial charge in [0.1, 0.15) is 5.75 Å². The van der Waals surface area contributed by atoms with Gasteiger partial charge in [0.25, 0.3) is 0 Å². The third-order valence-corrected chi connectivity index (χ3v) is 5.04. The maximum atomic E-state index is 10.3. The second-order valence-corrected chi connectivity index (χ2v) is 6.42. The lowest BCUT2D eigenvalue weighted by Gasteiger charge is -2.29. The minimum absolute atomic E-state index is 0.0666. The van der Waals surface area contributed by atoms with E-state index >= 15 is 0 Å². The van der Waals surface area contributed by atoms with E-state index in [1.54, 1.807) is 6.07 Å². The molecule has 2 aromatic rings. The zero-order valence-electron chi connectivity index (χ0n) is 11.9. The van der Waals surface area contributed by atoms with Gasteiger partial charge in [-0.3, -0.25) is 0 Å². The first kappa shape index (κ1) is 13.9. The molecule has 0 saturated carbocycles. The number of phenols is 1. The Morgan fingerprint density at radius 3 is 3.05 bits per heavy atom. The van der Waals surface area contributed by atoms with Gasteiger partial charge < -0.3 is 19.9 Å². The molecule has 4 rings (SSSR count). The summed E-state index contributed by atoms with van der Waals surface area (Å²) in [6.45, 7) is 1.17. The SMILES string of the molecule is Oc1ccc(Br)c2c1C(Cc1cccc3c1OCO3)NCC2. The van der Waals surface area contributed by atoms with Gasteiger partial charge >= 0.3 is 0 Å². The molecule has 0 radical (unpaired) electrons. The molecular formula is C17H16BrNO3. The number of hydrogen-bond acceptors (Lipinski definition) is 4. The summed E-state index contributed by atoms with van der Waals surface area (Å²) in [5, 5.41) is 13.8. The van der Waals surface area contributed by atoms with Crippen LogP contribution in [-0.2, 0) is 12.8 Å². The molecule has 2 heterocycles. The molecule has 5 heteroatoms.